The van der Waals surface area contributed by atoms with Crippen molar-refractivity contribution in [1.82, 2.24) is 20.0 Å². The molecule has 0 unspecified atom stereocenters. The molecule has 0 radical (unpaired) electrons. The van der Waals surface area contributed by atoms with Gasteiger partial charge in [-0.15, -0.1) is 5.10 Å². The van der Waals surface area contributed by atoms with Gasteiger partial charge in [-0.05, 0) is 36.0 Å². The van der Waals surface area contributed by atoms with E-state index in [1.807, 2.05) is 47.3 Å². The maximum Gasteiger partial charge on any atom is 0.109 e. The zero-order valence-electron chi connectivity index (χ0n) is 21.0. The van der Waals surface area contributed by atoms with Crippen LogP contribution in [0.15, 0.2) is 54.9 Å². The van der Waals surface area contributed by atoms with Crippen molar-refractivity contribution in [3.05, 3.63) is 76.7 Å². The number of hydrogen-bond donors (Lipinski definition) is 2. The van der Waals surface area contributed by atoms with Gasteiger partial charge in [-0.2, -0.15) is 5.26 Å². The minimum absolute atomic E-state index is 0.000993. The van der Waals surface area contributed by atoms with Crippen LogP contribution in [0.1, 0.15) is 63.9 Å². The first-order valence-corrected chi connectivity index (χ1v) is 12.1. The van der Waals surface area contributed by atoms with E-state index in [1.165, 1.54) is 0 Å². The predicted octanol–water partition coefficient (Wildman–Crippen LogP) is 6.35. The number of halogens is 1. The Bertz CT molecular complexity index is 1450. The van der Waals surface area contributed by atoms with Crippen LogP contribution in [0.2, 0.25) is 5.02 Å². The van der Waals surface area contributed by atoms with Crippen molar-refractivity contribution >= 4 is 33.9 Å². The molecule has 2 aromatic carbocycles. The first-order valence-electron chi connectivity index (χ1n) is 12.2. The van der Waals surface area contributed by atoms with Crippen molar-refractivity contribution in [2.45, 2.75) is 45.7 Å². The SMILES string of the molecule is [2H][C@@](Nc1cc(Cl)c2ncc(C#N)c(NCC(C)(C)C)c2c1)(c1ccccc1)c1cn(C2CC2)nn1. The van der Waals surface area contributed by atoms with Crippen LogP contribution in [-0.4, -0.2) is 26.5 Å². The number of aromatic nitrogens is 4. The largest absolute Gasteiger partial charge is 0.383 e. The van der Waals surface area contributed by atoms with Gasteiger partial charge in [0.25, 0.3) is 0 Å². The minimum atomic E-state index is -1.41. The molecule has 0 amide bonds. The second kappa shape index (κ2) is 9.20. The molecule has 0 bridgehead atoms. The second-order valence-corrected chi connectivity index (χ2v) is 10.5. The maximum absolute atomic E-state index is 9.76. The van der Waals surface area contributed by atoms with Crippen molar-refractivity contribution in [2.75, 3.05) is 17.2 Å². The van der Waals surface area contributed by atoms with Gasteiger partial charge in [0.05, 0.1) is 41.4 Å². The number of pyridine rings is 1. The van der Waals surface area contributed by atoms with Crippen molar-refractivity contribution in [3.8, 4) is 6.07 Å². The molecule has 1 atom stereocenters. The van der Waals surface area contributed by atoms with Crippen LogP contribution in [-0.2, 0) is 0 Å². The van der Waals surface area contributed by atoms with E-state index >= 15 is 0 Å². The molecule has 0 spiro atoms. The van der Waals surface area contributed by atoms with E-state index in [2.05, 4.69) is 52.8 Å². The van der Waals surface area contributed by atoms with Crippen LogP contribution in [0.25, 0.3) is 10.9 Å². The highest BCUT2D eigenvalue weighted by Crippen LogP contribution is 2.37. The summed E-state index contributed by atoms with van der Waals surface area (Å²) in [7, 11) is 0. The molecule has 178 valence electrons. The molecule has 0 aliphatic heterocycles. The molecule has 7 nitrogen and oxygen atoms in total. The molecule has 5 rings (SSSR count). The van der Waals surface area contributed by atoms with E-state index in [1.54, 1.807) is 12.3 Å². The fourth-order valence-corrected chi connectivity index (χ4v) is 4.17. The van der Waals surface area contributed by atoms with Gasteiger partial charge in [0.2, 0.25) is 0 Å². The summed E-state index contributed by atoms with van der Waals surface area (Å²) in [5.41, 5.74) is 3.53. The zero-order chi connectivity index (χ0) is 25.5. The van der Waals surface area contributed by atoms with Crippen LogP contribution in [0.4, 0.5) is 11.4 Å². The number of anilines is 2. The Morgan fingerprint density at radius 2 is 2.03 bits per heavy atom. The summed E-state index contributed by atoms with van der Waals surface area (Å²) in [5, 5.41) is 26.3. The topological polar surface area (TPSA) is 91.5 Å². The van der Waals surface area contributed by atoms with Crippen LogP contribution in [0.3, 0.4) is 0 Å². The first kappa shape index (κ1) is 21.9. The lowest BCUT2D eigenvalue weighted by molar-refractivity contribution is 0.443. The summed E-state index contributed by atoms with van der Waals surface area (Å²) >= 11 is 6.69. The normalized spacial score (nSPS) is 15.8. The van der Waals surface area contributed by atoms with Gasteiger partial charge < -0.3 is 10.6 Å². The molecule has 8 heteroatoms. The van der Waals surface area contributed by atoms with Gasteiger partial charge in [0.1, 0.15) is 11.8 Å². The molecule has 1 fully saturated rings. The van der Waals surface area contributed by atoms with Gasteiger partial charge in [0, 0.05) is 23.8 Å². The van der Waals surface area contributed by atoms with Gasteiger partial charge in [-0.3, -0.25) is 4.98 Å². The molecule has 2 aromatic heterocycles. The average molecular weight is 487 g/mol. The van der Waals surface area contributed by atoms with Crippen molar-refractivity contribution < 1.29 is 1.37 Å². The monoisotopic (exact) mass is 486 g/mol. The Morgan fingerprint density at radius 3 is 2.71 bits per heavy atom. The standard InChI is InChI=1S/C27H28ClN7/c1-27(2,3)16-31-24-18(13-29)14-30-26-21(24)11-19(12-22(26)28)32-25(17-7-5-4-6-8-17)23-15-35(34-33-23)20-9-10-20/h4-8,11-12,14-15,20,25,32H,9-10,16H2,1-3H3,(H,30,31)/t25-/m1/s1/i25D. The number of nitrogens with one attached hydrogen (secondary N) is 2. The molecule has 2 heterocycles. The fraction of sp³-hybridized carbons (Fsp3) is 0.333. The zero-order valence-corrected chi connectivity index (χ0v) is 20.8. The predicted molar refractivity (Wildman–Crippen MR) is 140 cm³/mol. The number of nitriles is 1. The summed E-state index contributed by atoms with van der Waals surface area (Å²) in [4.78, 5) is 4.45. The van der Waals surface area contributed by atoms with E-state index in [0.29, 0.717) is 51.1 Å². The van der Waals surface area contributed by atoms with Gasteiger partial charge in [0.15, 0.2) is 0 Å². The highest BCUT2D eigenvalue weighted by molar-refractivity contribution is 6.35. The highest BCUT2D eigenvalue weighted by atomic mass is 35.5. The van der Waals surface area contributed by atoms with E-state index in [-0.39, 0.29) is 5.41 Å². The minimum Gasteiger partial charge on any atom is -0.383 e. The Hall–Kier alpha value is -3.63. The molecule has 0 saturated heterocycles. The Kier molecular flexibility index (Phi) is 5.75. The Labute approximate surface area is 211 Å². The third kappa shape index (κ3) is 5.08. The lowest BCUT2D eigenvalue weighted by Crippen LogP contribution is -2.20. The van der Waals surface area contributed by atoms with E-state index in [4.69, 9.17) is 11.6 Å². The average Bonchev–Trinajstić information content (AvgIpc) is 3.58. The van der Waals surface area contributed by atoms with Gasteiger partial charge >= 0.3 is 0 Å². The third-order valence-electron chi connectivity index (χ3n) is 5.86. The number of fused-ring (bicyclic) bond motifs is 1. The number of hydrogen-bond acceptors (Lipinski definition) is 6. The lowest BCUT2D eigenvalue weighted by atomic mass is 9.96. The molecule has 1 aliphatic carbocycles. The summed E-state index contributed by atoms with van der Waals surface area (Å²) < 4.78 is 11.4. The summed E-state index contributed by atoms with van der Waals surface area (Å²) in [6.45, 7) is 7.03. The van der Waals surface area contributed by atoms with Gasteiger partial charge in [-0.25, -0.2) is 4.68 Å². The van der Waals surface area contributed by atoms with Crippen LogP contribution in [0.5, 0.6) is 0 Å². The fourth-order valence-electron chi connectivity index (χ4n) is 3.90. The van der Waals surface area contributed by atoms with Crippen molar-refractivity contribution in [3.63, 3.8) is 0 Å². The molecule has 4 aromatic rings. The van der Waals surface area contributed by atoms with E-state index in [0.717, 1.165) is 18.4 Å². The molecule has 1 aliphatic rings. The van der Waals surface area contributed by atoms with Gasteiger partial charge in [-0.1, -0.05) is 67.9 Å². The number of benzene rings is 2. The molecular weight excluding hydrogens is 458 g/mol. The second-order valence-electron chi connectivity index (χ2n) is 10.1. The summed E-state index contributed by atoms with van der Waals surface area (Å²) in [6.07, 6.45) is 5.54. The molecule has 35 heavy (non-hydrogen) atoms. The van der Waals surface area contributed by atoms with Crippen molar-refractivity contribution in [1.29, 1.82) is 5.26 Å². The first-order chi connectivity index (χ1) is 17.2. The van der Waals surface area contributed by atoms with Crippen LogP contribution in [0, 0.1) is 16.7 Å². The maximum atomic E-state index is 9.76. The van der Waals surface area contributed by atoms with Crippen molar-refractivity contribution in [2.24, 2.45) is 5.41 Å². The highest BCUT2D eigenvalue weighted by Gasteiger charge is 2.27. The van der Waals surface area contributed by atoms with Crippen LogP contribution < -0.4 is 10.6 Å². The Morgan fingerprint density at radius 1 is 1.26 bits per heavy atom. The van der Waals surface area contributed by atoms with E-state index < -0.39 is 6.02 Å². The summed E-state index contributed by atoms with van der Waals surface area (Å²) in [6, 6.07) is 14.3. The summed E-state index contributed by atoms with van der Waals surface area (Å²) in [5.74, 6) is 0. The Balaban J connectivity index is 1.61. The number of rotatable bonds is 7. The van der Waals surface area contributed by atoms with Crippen LogP contribution >= 0.6 is 11.6 Å². The number of nitrogens with zero attached hydrogens (tertiary/aromatic N) is 5. The molecule has 1 saturated carbocycles. The lowest BCUT2D eigenvalue weighted by Gasteiger charge is -2.22. The van der Waals surface area contributed by atoms with E-state index in [9.17, 15) is 6.63 Å². The third-order valence-corrected chi connectivity index (χ3v) is 6.15. The molecular formula is C27H28ClN7. The molecule has 2 N–H and O–H groups in total. The smallest absolute Gasteiger partial charge is 0.109 e. The quantitative estimate of drug-likeness (QED) is 0.316.